The van der Waals surface area contributed by atoms with Crippen molar-refractivity contribution in [2.24, 2.45) is 0 Å². The average molecular weight is 496 g/mol. The minimum atomic E-state index is -0.594. The first kappa shape index (κ1) is 26.6. The minimum absolute atomic E-state index is 0.0355. The molecule has 32 heavy (non-hydrogen) atoms. The quantitative estimate of drug-likeness (QED) is 0.401. The highest BCUT2D eigenvalue weighted by atomic mass is 35.5. The number of amides is 2. The second kappa shape index (κ2) is 13.1. The Kier molecular flexibility index (Phi) is 10.9. The van der Waals surface area contributed by atoms with E-state index in [2.05, 4.69) is 29.6 Å². The predicted octanol–water partition coefficient (Wildman–Crippen LogP) is 6.26. The Morgan fingerprint density at radius 3 is 2.22 bits per heavy atom. The van der Waals surface area contributed by atoms with Gasteiger partial charge in [0.1, 0.15) is 6.04 Å². The molecular formula is C25H32Cl2N2O2S. The summed E-state index contributed by atoms with van der Waals surface area (Å²) in [5, 5.41) is 3.98. The van der Waals surface area contributed by atoms with Crippen LogP contribution in [-0.4, -0.2) is 34.6 Å². The van der Waals surface area contributed by atoms with Gasteiger partial charge in [-0.05, 0) is 44.4 Å². The topological polar surface area (TPSA) is 49.4 Å². The fraction of sp³-hybridized carbons (Fsp3) is 0.440. The van der Waals surface area contributed by atoms with Crippen molar-refractivity contribution in [3.63, 3.8) is 0 Å². The third-order valence-corrected chi connectivity index (χ3v) is 7.09. The van der Waals surface area contributed by atoms with Gasteiger partial charge in [-0.15, -0.1) is 11.8 Å². The lowest BCUT2D eigenvalue weighted by molar-refractivity contribution is -0.139. The van der Waals surface area contributed by atoms with E-state index in [1.807, 2.05) is 27.7 Å². The summed E-state index contributed by atoms with van der Waals surface area (Å²) in [6, 6.07) is 13.0. The van der Waals surface area contributed by atoms with Crippen molar-refractivity contribution in [1.29, 1.82) is 0 Å². The molecule has 0 radical (unpaired) electrons. The van der Waals surface area contributed by atoms with Crippen molar-refractivity contribution >= 4 is 46.8 Å². The number of hydrogen-bond donors (Lipinski definition) is 1. The summed E-state index contributed by atoms with van der Waals surface area (Å²) in [6.07, 6.45) is 1.32. The molecule has 0 aliphatic heterocycles. The van der Waals surface area contributed by atoms with Crippen LogP contribution < -0.4 is 5.32 Å². The second-order valence-corrected chi connectivity index (χ2v) is 9.74. The van der Waals surface area contributed by atoms with E-state index in [1.165, 1.54) is 17.3 Å². The van der Waals surface area contributed by atoms with E-state index in [0.29, 0.717) is 22.0 Å². The number of halogens is 2. The lowest BCUT2D eigenvalue weighted by Gasteiger charge is -2.32. The average Bonchev–Trinajstić information content (AvgIpc) is 2.76. The standard InChI is InChI=1S/C25H32Cl2N2O2S/c1-5-18(4)28-25(31)23(6-2)29(14-20-21(26)8-7-9-22(20)27)24(30)16-32-15-19-12-10-17(3)11-13-19/h7-13,18,23H,5-6,14-16H2,1-4H3,(H,28,31)/t18-,23-/m0/s1. The number of nitrogens with zero attached hydrogens (tertiary/aromatic N) is 1. The van der Waals surface area contributed by atoms with E-state index in [9.17, 15) is 9.59 Å². The molecule has 2 aromatic rings. The van der Waals surface area contributed by atoms with Crippen molar-refractivity contribution in [3.05, 3.63) is 69.2 Å². The molecule has 0 unspecified atom stereocenters. The molecule has 7 heteroatoms. The smallest absolute Gasteiger partial charge is 0.243 e. The Morgan fingerprint density at radius 1 is 1.03 bits per heavy atom. The minimum Gasteiger partial charge on any atom is -0.352 e. The molecule has 2 amide bonds. The summed E-state index contributed by atoms with van der Waals surface area (Å²) in [4.78, 5) is 27.9. The van der Waals surface area contributed by atoms with Crippen LogP contribution in [0.25, 0.3) is 0 Å². The molecule has 4 nitrogen and oxygen atoms in total. The van der Waals surface area contributed by atoms with Crippen molar-refractivity contribution in [2.45, 2.75) is 64.9 Å². The van der Waals surface area contributed by atoms with Gasteiger partial charge in [-0.2, -0.15) is 0 Å². The van der Waals surface area contributed by atoms with Crippen LogP contribution in [0.4, 0.5) is 0 Å². The number of benzene rings is 2. The summed E-state index contributed by atoms with van der Waals surface area (Å²) in [5.74, 6) is 0.734. The molecule has 0 heterocycles. The number of carbonyl (C=O) groups is 2. The van der Waals surface area contributed by atoms with Crippen molar-refractivity contribution in [1.82, 2.24) is 10.2 Å². The van der Waals surface area contributed by atoms with Gasteiger partial charge in [-0.25, -0.2) is 0 Å². The van der Waals surface area contributed by atoms with E-state index in [0.717, 1.165) is 17.7 Å². The molecule has 1 N–H and O–H groups in total. The van der Waals surface area contributed by atoms with E-state index in [-0.39, 0.29) is 30.2 Å². The van der Waals surface area contributed by atoms with Gasteiger partial charge in [0, 0.05) is 33.9 Å². The molecule has 0 saturated heterocycles. The van der Waals surface area contributed by atoms with E-state index >= 15 is 0 Å². The van der Waals surface area contributed by atoms with Crippen LogP contribution in [0.1, 0.15) is 50.3 Å². The van der Waals surface area contributed by atoms with Gasteiger partial charge < -0.3 is 10.2 Å². The Morgan fingerprint density at radius 2 is 1.66 bits per heavy atom. The molecule has 0 spiro atoms. The molecule has 0 aromatic heterocycles. The Labute approximate surface area is 206 Å². The monoisotopic (exact) mass is 494 g/mol. The maximum absolute atomic E-state index is 13.3. The number of nitrogens with one attached hydrogen (secondary N) is 1. The van der Waals surface area contributed by atoms with Crippen LogP contribution in [-0.2, 0) is 21.9 Å². The Hall–Kier alpha value is -1.69. The lowest BCUT2D eigenvalue weighted by Crippen LogP contribution is -2.51. The van der Waals surface area contributed by atoms with Crippen LogP contribution >= 0.6 is 35.0 Å². The zero-order valence-electron chi connectivity index (χ0n) is 19.2. The predicted molar refractivity (Wildman–Crippen MR) is 136 cm³/mol. The summed E-state index contributed by atoms with van der Waals surface area (Å²) < 4.78 is 0. The van der Waals surface area contributed by atoms with Crippen LogP contribution in [0.3, 0.4) is 0 Å². The first-order valence-electron chi connectivity index (χ1n) is 10.9. The fourth-order valence-corrected chi connectivity index (χ4v) is 4.63. The molecule has 0 aliphatic rings. The van der Waals surface area contributed by atoms with E-state index < -0.39 is 6.04 Å². The molecular weight excluding hydrogens is 463 g/mol. The zero-order valence-corrected chi connectivity index (χ0v) is 21.5. The van der Waals surface area contributed by atoms with Gasteiger partial charge in [-0.3, -0.25) is 9.59 Å². The van der Waals surface area contributed by atoms with Crippen LogP contribution in [0, 0.1) is 6.92 Å². The molecule has 174 valence electrons. The summed E-state index contributed by atoms with van der Waals surface area (Å²) in [5.41, 5.74) is 3.02. The lowest BCUT2D eigenvalue weighted by atomic mass is 10.1. The van der Waals surface area contributed by atoms with Gasteiger partial charge in [0.15, 0.2) is 0 Å². The highest BCUT2D eigenvalue weighted by molar-refractivity contribution is 7.99. The van der Waals surface area contributed by atoms with Crippen LogP contribution in [0.5, 0.6) is 0 Å². The first-order chi connectivity index (χ1) is 15.3. The molecule has 2 aromatic carbocycles. The van der Waals surface area contributed by atoms with Crippen LogP contribution in [0.2, 0.25) is 10.0 Å². The Bertz CT molecular complexity index is 885. The molecule has 0 fully saturated rings. The highest BCUT2D eigenvalue weighted by Crippen LogP contribution is 2.27. The zero-order chi connectivity index (χ0) is 23.7. The maximum atomic E-state index is 13.3. The van der Waals surface area contributed by atoms with Gasteiger partial charge in [0.25, 0.3) is 0 Å². The summed E-state index contributed by atoms with van der Waals surface area (Å²) in [6.45, 7) is 8.12. The molecule has 2 rings (SSSR count). The van der Waals surface area contributed by atoms with E-state index in [1.54, 1.807) is 23.1 Å². The Balaban J connectivity index is 2.20. The third-order valence-electron chi connectivity index (χ3n) is 5.39. The van der Waals surface area contributed by atoms with Gasteiger partial charge in [-0.1, -0.05) is 72.9 Å². The first-order valence-corrected chi connectivity index (χ1v) is 12.8. The number of aryl methyl sites for hydroxylation is 1. The summed E-state index contributed by atoms with van der Waals surface area (Å²) >= 11 is 14.3. The number of hydrogen-bond acceptors (Lipinski definition) is 3. The molecule has 0 bridgehead atoms. The number of rotatable bonds is 11. The van der Waals surface area contributed by atoms with Crippen molar-refractivity contribution in [3.8, 4) is 0 Å². The SMILES string of the molecule is CC[C@H](C)NC(=O)[C@H](CC)N(Cc1c(Cl)cccc1Cl)C(=O)CSCc1ccc(C)cc1. The largest absolute Gasteiger partial charge is 0.352 e. The molecule has 2 atom stereocenters. The van der Waals surface area contributed by atoms with Gasteiger partial charge >= 0.3 is 0 Å². The maximum Gasteiger partial charge on any atom is 0.243 e. The fourth-order valence-electron chi connectivity index (χ4n) is 3.24. The molecule has 0 aliphatic carbocycles. The van der Waals surface area contributed by atoms with Crippen molar-refractivity contribution < 1.29 is 9.59 Å². The number of carbonyl (C=O) groups excluding carboxylic acids is 2. The van der Waals surface area contributed by atoms with E-state index in [4.69, 9.17) is 23.2 Å². The van der Waals surface area contributed by atoms with Gasteiger partial charge in [0.2, 0.25) is 11.8 Å². The third kappa shape index (κ3) is 7.72. The normalized spacial score (nSPS) is 12.8. The van der Waals surface area contributed by atoms with Gasteiger partial charge in [0.05, 0.1) is 5.75 Å². The van der Waals surface area contributed by atoms with Crippen molar-refractivity contribution in [2.75, 3.05) is 5.75 Å². The summed E-state index contributed by atoms with van der Waals surface area (Å²) in [7, 11) is 0. The second-order valence-electron chi connectivity index (χ2n) is 7.94. The van der Waals surface area contributed by atoms with Crippen LogP contribution in [0.15, 0.2) is 42.5 Å². The molecule has 0 saturated carbocycles. The number of thioether (sulfide) groups is 1. The highest BCUT2D eigenvalue weighted by Gasteiger charge is 2.30.